The minimum atomic E-state index is 0.967. The molecule has 0 spiro atoms. The molecular weight excluding hydrogens is 193 g/mol. The van der Waals surface area contributed by atoms with Gasteiger partial charge in [-0.25, -0.2) is 0 Å². The van der Waals surface area contributed by atoms with E-state index in [0.717, 1.165) is 19.8 Å². The molecule has 0 unspecified atom stereocenters. The van der Waals surface area contributed by atoms with Crippen molar-refractivity contribution in [1.82, 2.24) is 5.32 Å². The van der Waals surface area contributed by atoms with Gasteiger partial charge in [0.15, 0.2) is 0 Å². The van der Waals surface area contributed by atoms with Crippen molar-refractivity contribution >= 4 is 6.71 Å². The lowest BCUT2D eigenvalue weighted by Crippen LogP contribution is -2.24. The lowest BCUT2D eigenvalue weighted by atomic mass is 9.45. The summed E-state index contributed by atoms with van der Waals surface area (Å²) in [5.74, 6) is 0. The van der Waals surface area contributed by atoms with Gasteiger partial charge in [0, 0.05) is 6.54 Å². The van der Waals surface area contributed by atoms with Crippen molar-refractivity contribution in [3.8, 4) is 0 Å². The first-order chi connectivity index (χ1) is 7.92. The first kappa shape index (κ1) is 10.4. The summed E-state index contributed by atoms with van der Waals surface area (Å²) in [6.07, 6.45) is 8.34. The Kier molecular flexibility index (Phi) is 3.01. The highest BCUT2D eigenvalue weighted by Gasteiger charge is 2.19. The second kappa shape index (κ2) is 4.62. The fraction of sp³-hybridized carbons (Fsp3) is 0.571. The van der Waals surface area contributed by atoms with E-state index in [0.29, 0.717) is 0 Å². The third-order valence-corrected chi connectivity index (χ3v) is 4.16. The van der Waals surface area contributed by atoms with Crippen LogP contribution in [0, 0.1) is 0 Å². The number of benzene rings is 1. The fourth-order valence-electron chi connectivity index (χ4n) is 3.21. The van der Waals surface area contributed by atoms with Crippen LogP contribution in [0.15, 0.2) is 18.2 Å². The number of fused-ring (bicyclic) bond motifs is 1. The van der Waals surface area contributed by atoms with Crippen molar-refractivity contribution in [3.63, 3.8) is 0 Å². The molecule has 1 fully saturated rings. The monoisotopic (exact) mass is 213 g/mol. The molecule has 2 aliphatic heterocycles. The largest absolute Gasteiger partial charge is 0.312 e. The fourth-order valence-corrected chi connectivity index (χ4v) is 3.21. The van der Waals surface area contributed by atoms with Crippen molar-refractivity contribution in [2.45, 2.75) is 44.8 Å². The smallest absolute Gasteiger partial charge is 0.144 e. The molecule has 1 saturated heterocycles. The summed E-state index contributed by atoms with van der Waals surface area (Å²) in [6, 6.07) is 7.17. The average molecular weight is 213 g/mol. The Balaban J connectivity index is 1.74. The Hall–Kier alpha value is -0.755. The summed E-state index contributed by atoms with van der Waals surface area (Å²) in [5.41, 5.74) is 4.67. The highest BCUT2D eigenvalue weighted by atomic mass is 14.9. The second-order valence-electron chi connectivity index (χ2n) is 5.38. The van der Waals surface area contributed by atoms with Crippen LogP contribution in [0.4, 0.5) is 0 Å². The highest BCUT2D eigenvalue weighted by molar-refractivity contribution is 6.59. The molecular formula is C14H20BN. The molecule has 0 radical (unpaired) electrons. The van der Waals surface area contributed by atoms with Crippen LogP contribution < -0.4 is 5.32 Å². The van der Waals surface area contributed by atoms with Gasteiger partial charge in [-0.1, -0.05) is 49.2 Å². The Morgan fingerprint density at radius 3 is 2.88 bits per heavy atom. The molecule has 2 heterocycles. The van der Waals surface area contributed by atoms with Gasteiger partial charge >= 0.3 is 0 Å². The maximum Gasteiger partial charge on any atom is 0.144 e. The molecule has 1 nitrogen and oxygen atoms in total. The third kappa shape index (κ3) is 2.17. The van der Waals surface area contributed by atoms with Crippen molar-refractivity contribution < 1.29 is 0 Å². The van der Waals surface area contributed by atoms with E-state index < -0.39 is 0 Å². The summed E-state index contributed by atoms with van der Waals surface area (Å²) in [7, 11) is 0. The van der Waals surface area contributed by atoms with Gasteiger partial charge in [-0.2, -0.15) is 0 Å². The SMILES string of the molecule is c1cc2c(cc1CB1CCCC1)CNCC2. The average Bonchev–Trinajstić information content (AvgIpc) is 2.82. The predicted octanol–water partition coefficient (Wildman–Crippen LogP) is 2.70. The van der Waals surface area contributed by atoms with Crippen LogP contribution in [0.25, 0.3) is 0 Å². The minimum absolute atomic E-state index is 0.967. The molecule has 0 aromatic heterocycles. The zero-order valence-electron chi connectivity index (χ0n) is 9.97. The summed E-state index contributed by atoms with van der Waals surface area (Å²) in [6.45, 7) is 3.19. The van der Waals surface area contributed by atoms with Gasteiger partial charge in [-0.3, -0.25) is 0 Å². The van der Waals surface area contributed by atoms with E-state index in [1.165, 1.54) is 38.2 Å². The van der Waals surface area contributed by atoms with Gasteiger partial charge < -0.3 is 5.32 Å². The lowest BCUT2D eigenvalue weighted by Gasteiger charge is -2.18. The van der Waals surface area contributed by atoms with Crippen LogP contribution in [0.5, 0.6) is 0 Å². The number of hydrogen-bond donors (Lipinski definition) is 1. The van der Waals surface area contributed by atoms with Crippen molar-refractivity contribution in [1.29, 1.82) is 0 Å². The minimum Gasteiger partial charge on any atom is -0.312 e. The van der Waals surface area contributed by atoms with Crippen LogP contribution in [-0.2, 0) is 19.3 Å². The number of rotatable bonds is 2. The number of hydrogen-bond acceptors (Lipinski definition) is 1. The normalized spacial score (nSPS) is 19.9. The van der Waals surface area contributed by atoms with Crippen LogP contribution in [-0.4, -0.2) is 13.3 Å². The molecule has 1 aromatic rings. The standard InChI is InChI=1S/C14H20BN/c1-2-7-15(6-1)10-12-3-4-13-5-8-16-11-14(13)9-12/h3-4,9,16H,1-2,5-8,10-11H2. The Morgan fingerprint density at radius 1 is 1.12 bits per heavy atom. The van der Waals surface area contributed by atoms with Crippen molar-refractivity contribution in [2.75, 3.05) is 6.54 Å². The molecule has 0 amide bonds. The first-order valence-electron chi connectivity index (χ1n) is 6.73. The van der Waals surface area contributed by atoms with Gasteiger partial charge in [0.25, 0.3) is 0 Å². The van der Waals surface area contributed by atoms with Crippen LogP contribution in [0.3, 0.4) is 0 Å². The Labute approximate surface area is 98.7 Å². The van der Waals surface area contributed by atoms with E-state index in [1.807, 2.05) is 0 Å². The third-order valence-electron chi connectivity index (χ3n) is 4.16. The van der Waals surface area contributed by atoms with Crippen molar-refractivity contribution in [3.05, 3.63) is 34.9 Å². The zero-order chi connectivity index (χ0) is 10.8. The predicted molar refractivity (Wildman–Crippen MR) is 70.2 cm³/mol. The van der Waals surface area contributed by atoms with E-state index in [1.54, 1.807) is 16.7 Å². The van der Waals surface area contributed by atoms with E-state index in [9.17, 15) is 0 Å². The zero-order valence-corrected chi connectivity index (χ0v) is 9.97. The van der Waals surface area contributed by atoms with Gasteiger partial charge in [-0.15, -0.1) is 0 Å². The van der Waals surface area contributed by atoms with E-state index in [-0.39, 0.29) is 0 Å². The summed E-state index contributed by atoms with van der Waals surface area (Å²) in [4.78, 5) is 0. The molecule has 16 heavy (non-hydrogen) atoms. The Bertz CT molecular complexity index is 369. The summed E-state index contributed by atoms with van der Waals surface area (Å²) < 4.78 is 0. The first-order valence-corrected chi connectivity index (χ1v) is 6.73. The second-order valence-corrected chi connectivity index (χ2v) is 5.38. The summed E-state index contributed by atoms with van der Waals surface area (Å²) in [5, 5.41) is 3.46. The molecule has 3 rings (SSSR count). The lowest BCUT2D eigenvalue weighted by molar-refractivity contribution is 0.643. The Morgan fingerprint density at radius 2 is 2.00 bits per heavy atom. The molecule has 1 aromatic carbocycles. The van der Waals surface area contributed by atoms with Gasteiger partial charge in [0.1, 0.15) is 6.71 Å². The van der Waals surface area contributed by atoms with Gasteiger partial charge in [-0.05, 0) is 30.4 Å². The van der Waals surface area contributed by atoms with E-state index in [4.69, 9.17) is 0 Å². The summed E-state index contributed by atoms with van der Waals surface area (Å²) >= 11 is 0. The molecule has 84 valence electrons. The van der Waals surface area contributed by atoms with Crippen molar-refractivity contribution in [2.24, 2.45) is 0 Å². The number of nitrogens with one attached hydrogen (secondary N) is 1. The van der Waals surface area contributed by atoms with Crippen LogP contribution >= 0.6 is 0 Å². The topological polar surface area (TPSA) is 12.0 Å². The highest BCUT2D eigenvalue weighted by Crippen LogP contribution is 2.24. The van der Waals surface area contributed by atoms with Crippen LogP contribution in [0.2, 0.25) is 12.6 Å². The molecule has 0 atom stereocenters. The molecule has 1 N–H and O–H groups in total. The maximum atomic E-state index is 3.46. The molecule has 0 aliphatic carbocycles. The molecule has 2 aliphatic rings. The molecule has 2 heteroatoms. The maximum absolute atomic E-state index is 3.46. The molecule has 0 saturated carbocycles. The van der Waals surface area contributed by atoms with E-state index in [2.05, 4.69) is 23.5 Å². The van der Waals surface area contributed by atoms with Gasteiger partial charge in [0.05, 0.1) is 0 Å². The van der Waals surface area contributed by atoms with Gasteiger partial charge in [0.2, 0.25) is 0 Å². The molecule has 0 bridgehead atoms. The van der Waals surface area contributed by atoms with E-state index >= 15 is 0 Å². The quantitative estimate of drug-likeness (QED) is 0.745. The van der Waals surface area contributed by atoms with Crippen LogP contribution in [0.1, 0.15) is 29.5 Å².